The first-order valence-corrected chi connectivity index (χ1v) is 7.65. The van der Waals surface area contributed by atoms with Crippen molar-refractivity contribution in [3.63, 3.8) is 0 Å². The molecule has 0 saturated carbocycles. The van der Waals surface area contributed by atoms with Gasteiger partial charge < -0.3 is 0 Å². The molecule has 0 N–H and O–H groups in total. The van der Waals surface area contributed by atoms with Gasteiger partial charge in [-0.2, -0.15) is 17.0 Å². The lowest BCUT2D eigenvalue weighted by atomic mass is 9.94. The van der Waals surface area contributed by atoms with Gasteiger partial charge in [0.05, 0.1) is 0 Å². The van der Waals surface area contributed by atoms with Crippen LogP contribution >= 0.6 is 0 Å². The van der Waals surface area contributed by atoms with Crippen LogP contribution in [0.15, 0.2) is 0 Å². The van der Waals surface area contributed by atoms with Gasteiger partial charge in [-0.05, 0) is 31.1 Å². The molecule has 0 spiro atoms. The van der Waals surface area contributed by atoms with Crippen molar-refractivity contribution in [1.82, 2.24) is 8.61 Å². The second-order valence-corrected chi connectivity index (χ2v) is 7.31. The van der Waals surface area contributed by atoms with Crippen LogP contribution in [0.2, 0.25) is 0 Å². The third-order valence-electron chi connectivity index (χ3n) is 3.55. The second-order valence-electron chi connectivity index (χ2n) is 5.38. The summed E-state index contributed by atoms with van der Waals surface area (Å²) < 4.78 is 28.0. The van der Waals surface area contributed by atoms with Crippen LogP contribution < -0.4 is 0 Å². The molecule has 2 saturated heterocycles. The summed E-state index contributed by atoms with van der Waals surface area (Å²) in [4.78, 5) is 0. The van der Waals surface area contributed by atoms with Gasteiger partial charge in [0.25, 0.3) is 10.2 Å². The Morgan fingerprint density at radius 1 is 0.938 bits per heavy atom. The molecule has 2 fully saturated rings. The van der Waals surface area contributed by atoms with E-state index in [0.717, 1.165) is 19.3 Å². The molecule has 2 aliphatic heterocycles. The van der Waals surface area contributed by atoms with Crippen molar-refractivity contribution < 1.29 is 8.42 Å². The Morgan fingerprint density at radius 3 is 1.94 bits per heavy atom. The van der Waals surface area contributed by atoms with Gasteiger partial charge in [0.2, 0.25) is 0 Å². The smallest absolute Gasteiger partial charge is 0.195 e. The third-order valence-corrected chi connectivity index (χ3v) is 5.52. The van der Waals surface area contributed by atoms with Crippen LogP contribution in [0.4, 0.5) is 0 Å². The van der Waals surface area contributed by atoms with E-state index in [1.165, 1.54) is 0 Å². The van der Waals surface area contributed by atoms with Gasteiger partial charge in [0.15, 0.2) is 0 Å². The van der Waals surface area contributed by atoms with E-state index in [1.807, 2.05) is 0 Å². The molecule has 0 aromatic rings. The number of hydrogen-bond acceptors (Lipinski definition) is 2. The van der Waals surface area contributed by atoms with E-state index in [2.05, 4.69) is 13.8 Å². The average molecular weight is 246 g/mol. The Balaban J connectivity index is 2.10. The molecule has 2 rings (SSSR count). The summed E-state index contributed by atoms with van der Waals surface area (Å²) in [6, 6.07) is 0. The Morgan fingerprint density at radius 2 is 1.44 bits per heavy atom. The largest absolute Gasteiger partial charge is 0.281 e. The SMILES string of the molecule is CC1CC(C)CN(S(=O)(=O)N2CCCC2)C1. The quantitative estimate of drug-likeness (QED) is 0.737. The van der Waals surface area contributed by atoms with Crippen molar-refractivity contribution in [3.05, 3.63) is 0 Å². The number of piperidine rings is 1. The molecule has 0 aromatic carbocycles. The van der Waals surface area contributed by atoms with Gasteiger partial charge in [-0.15, -0.1) is 0 Å². The predicted molar refractivity (Wildman–Crippen MR) is 64.2 cm³/mol. The summed E-state index contributed by atoms with van der Waals surface area (Å²) in [5.74, 6) is 0.974. The molecule has 0 bridgehead atoms. The molecule has 16 heavy (non-hydrogen) atoms. The highest BCUT2D eigenvalue weighted by atomic mass is 32.2. The zero-order valence-corrected chi connectivity index (χ0v) is 11.0. The minimum absolute atomic E-state index is 0.487. The van der Waals surface area contributed by atoms with E-state index in [0.29, 0.717) is 38.0 Å². The average Bonchev–Trinajstić information content (AvgIpc) is 2.69. The summed E-state index contributed by atoms with van der Waals surface area (Å²) >= 11 is 0. The van der Waals surface area contributed by atoms with E-state index < -0.39 is 10.2 Å². The minimum Gasteiger partial charge on any atom is -0.195 e. The van der Waals surface area contributed by atoms with Crippen LogP contribution in [0.3, 0.4) is 0 Å². The highest BCUT2D eigenvalue weighted by molar-refractivity contribution is 7.86. The van der Waals surface area contributed by atoms with Crippen LogP contribution in [-0.4, -0.2) is 43.2 Å². The maximum atomic E-state index is 12.3. The van der Waals surface area contributed by atoms with Gasteiger partial charge in [-0.3, -0.25) is 0 Å². The molecule has 2 unspecified atom stereocenters. The number of nitrogens with zero attached hydrogens (tertiary/aromatic N) is 2. The summed E-state index contributed by atoms with van der Waals surface area (Å²) in [6.07, 6.45) is 3.17. The molecule has 5 heteroatoms. The number of rotatable bonds is 2. The Hall–Kier alpha value is -0.130. The maximum absolute atomic E-state index is 12.3. The third kappa shape index (κ3) is 2.41. The van der Waals surface area contributed by atoms with E-state index in [-0.39, 0.29) is 0 Å². The van der Waals surface area contributed by atoms with Crippen LogP contribution in [0.25, 0.3) is 0 Å². The first-order chi connectivity index (χ1) is 7.50. The highest BCUT2D eigenvalue weighted by Crippen LogP contribution is 2.26. The Kier molecular flexibility index (Phi) is 3.56. The van der Waals surface area contributed by atoms with Gasteiger partial charge in [0.1, 0.15) is 0 Å². The summed E-state index contributed by atoms with van der Waals surface area (Å²) in [5.41, 5.74) is 0. The molecule has 2 heterocycles. The van der Waals surface area contributed by atoms with Crippen molar-refractivity contribution in [2.24, 2.45) is 11.8 Å². The van der Waals surface area contributed by atoms with E-state index in [9.17, 15) is 8.42 Å². The molecule has 94 valence electrons. The van der Waals surface area contributed by atoms with Crippen molar-refractivity contribution in [3.8, 4) is 0 Å². The molecular formula is C11H22N2O2S. The Bertz CT molecular complexity index is 326. The van der Waals surface area contributed by atoms with E-state index >= 15 is 0 Å². The van der Waals surface area contributed by atoms with Crippen LogP contribution in [0, 0.1) is 11.8 Å². The minimum atomic E-state index is -3.16. The topological polar surface area (TPSA) is 40.6 Å². The standard InChI is InChI=1S/C11H22N2O2S/c1-10-7-11(2)9-13(8-10)16(14,15)12-5-3-4-6-12/h10-11H,3-9H2,1-2H3. The fraction of sp³-hybridized carbons (Fsp3) is 1.00. The zero-order valence-electron chi connectivity index (χ0n) is 10.2. The van der Waals surface area contributed by atoms with Crippen molar-refractivity contribution in [2.45, 2.75) is 33.1 Å². The lowest BCUT2D eigenvalue weighted by molar-refractivity contribution is 0.212. The van der Waals surface area contributed by atoms with Crippen LogP contribution in [0.1, 0.15) is 33.1 Å². The Labute approximate surface area is 98.8 Å². The fourth-order valence-electron chi connectivity index (χ4n) is 2.88. The first-order valence-electron chi connectivity index (χ1n) is 6.25. The molecule has 0 aromatic heterocycles. The molecular weight excluding hydrogens is 224 g/mol. The lowest BCUT2D eigenvalue weighted by Crippen LogP contribution is -2.48. The van der Waals surface area contributed by atoms with Gasteiger partial charge in [0, 0.05) is 26.2 Å². The van der Waals surface area contributed by atoms with Crippen LogP contribution in [-0.2, 0) is 10.2 Å². The summed E-state index contributed by atoms with van der Waals surface area (Å²) in [7, 11) is -3.16. The first kappa shape index (κ1) is 12.3. The van der Waals surface area contributed by atoms with E-state index in [1.54, 1.807) is 8.61 Å². The lowest BCUT2D eigenvalue weighted by Gasteiger charge is -2.36. The number of hydrogen-bond donors (Lipinski definition) is 0. The van der Waals surface area contributed by atoms with Gasteiger partial charge in [-0.1, -0.05) is 13.8 Å². The highest BCUT2D eigenvalue weighted by Gasteiger charge is 2.35. The van der Waals surface area contributed by atoms with Gasteiger partial charge >= 0.3 is 0 Å². The van der Waals surface area contributed by atoms with E-state index in [4.69, 9.17) is 0 Å². The molecule has 2 aliphatic rings. The zero-order chi connectivity index (χ0) is 11.8. The monoisotopic (exact) mass is 246 g/mol. The van der Waals surface area contributed by atoms with Crippen LogP contribution in [0.5, 0.6) is 0 Å². The fourth-order valence-corrected chi connectivity index (χ4v) is 4.81. The molecule has 0 radical (unpaired) electrons. The normalized spacial score (nSPS) is 34.4. The second kappa shape index (κ2) is 4.63. The van der Waals surface area contributed by atoms with Crippen molar-refractivity contribution in [2.75, 3.05) is 26.2 Å². The van der Waals surface area contributed by atoms with Crippen molar-refractivity contribution >= 4 is 10.2 Å². The molecule has 4 nitrogen and oxygen atoms in total. The molecule has 0 amide bonds. The summed E-state index contributed by atoms with van der Waals surface area (Å²) in [6.45, 7) is 7.10. The predicted octanol–water partition coefficient (Wildman–Crippen LogP) is 1.30. The summed E-state index contributed by atoms with van der Waals surface area (Å²) in [5, 5.41) is 0. The molecule has 2 atom stereocenters. The van der Waals surface area contributed by atoms with Gasteiger partial charge in [-0.25, -0.2) is 0 Å². The van der Waals surface area contributed by atoms with Crippen molar-refractivity contribution in [1.29, 1.82) is 0 Å². The molecule has 0 aliphatic carbocycles. The maximum Gasteiger partial charge on any atom is 0.281 e.